The lowest BCUT2D eigenvalue weighted by Gasteiger charge is -2.11. The molecular formula is C25H35N3O4. The van der Waals surface area contributed by atoms with Crippen LogP contribution in [-0.2, 0) is 9.53 Å². The standard InChI is InChI=1S/C25H35N3O4/c1-3-4-5-6-7-15-32-23-13-9-12-22(18-23)28-24(29)19-27-21-11-8-10-20(17-21)25(30)26-14-16-31-2/h8-13,17-18,27H,3-7,14-16,19H2,1-2H3,(H,26,30)(H,28,29). The molecule has 0 aliphatic carbocycles. The van der Waals surface area contributed by atoms with E-state index in [0.717, 1.165) is 12.2 Å². The molecule has 0 heterocycles. The number of rotatable bonds is 15. The van der Waals surface area contributed by atoms with E-state index in [9.17, 15) is 9.59 Å². The average molecular weight is 442 g/mol. The highest BCUT2D eigenvalue weighted by atomic mass is 16.5. The fraction of sp³-hybridized carbons (Fsp3) is 0.440. The number of unbranched alkanes of at least 4 members (excludes halogenated alkanes) is 4. The van der Waals surface area contributed by atoms with Crippen molar-refractivity contribution in [2.75, 3.05) is 44.0 Å². The molecular weight excluding hydrogens is 406 g/mol. The first-order chi connectivity index (χ1) is 15.6. The molecule has 174 valence electrons. The number of hydrogen-bond donors (Lipinski definition) is 3. The first kappa shape index (κ1) is 25.2. The number of hydrogen-bond acceptors (Lipinski definition) is 5. The molecule has 2 amide bonds. The minimum absolute atomic E-state index is 0.0806. The fourth-order valence-corrected chi connectivity index (χ4v) is 3.09. The first-order valence-corrected chi connectivity index (χ1v) is 11.3. The summed E-state index contributed by atoms with van der Waals surface area (Å²) in [5, 5.41) is 8.69. The molecule has 0 unspecified atom stereocenters. The Bertz CT molecular complexity index is 841. The third-order valence-electron chi connectivity index (χ3n) is 4.80. The molecule has 0 saturated heterocycles. The van der Waals surface area contributed by atoms with Crippen LogP contribution in [0.1, 0.15) is 49.4 Å². The molecule has 0 atom stereocenters. The molecule has 0 fully saturated rings. The first-order valence-electron chi connectivity index (χ1n) is 11.3. The molecule has 2 rings (SSSR count). The van der Waals surface area contributed by atoms with E-state index in [1.807, 2.05) is 30.3 Å². The van der Waals surface area contributed by atoms with Crippen molar-refractivity contribution in [1.29, 1.82) is 0 Å². The van der Waals surface area contributed by atoms with Gasteiger partial charge in [0.1, 0.15) is 5.75 Å². The Morgan fingerprint density at radius 1 is 0.906 bits per heavy atom. The number of nitrogens with one attached hydrogen (secondary N) is 3. The van der Waals surface area contributed by atoms with E-state index in [1.165, 1.54) is 25.7 Å². The SMILES string of the molecule is CCCCCCCOc1cccc(NC(=O)CNc2cccc(C(=O)NCCOC)c2)c1. The summed E-state index contributed by atoms with van der Waals surface area (Å²) in [5.74, 6) is 0.382. The van der Waals surface area contributed by atoms with Crippen molar-refractivity contribution in [3.63, 3.8) is 0 Å². The summed E-state index contributed by atoms with van der Waals surface area (Å²) in [6.45, 7) is 3.86. The van der Waals surface area contributed by atoms with Gasteiger partial charge >= 0.3 is 0 Å². The maximum atomic E-state index is 12.3. The van der Waals surface area contributed by atoms with Crippen LogP contribution in [0.15, 0.2) is 48.5 Å². The molecule has 0 aliphatic heterocycles. The predicted molar refractivity (Wildman–Crippen MR) is 128 cm³/mol. The van der Waals surface area contributed by atoms with Crippen molar-refractivity contribution in [2.24, 2.45) is 0 Å². The summed E-state index contributed by atoms with van der Waals surface area (Å²) >= 11 is 0. The molecule has 3 N–H and O–H groups in total. The van der Waals surface area contributed by atoms with Crippen molar-refractivity contribution < 1.29 is 19.1 Å². The van der Waals surface area contributed by atoms with Gasteiger partial charge in [-0.3, -0.25) is 9.59 Å². The van der Waals surface area contributed by atoms with Gasteiger partial charge in [0.2, 0.25) is 5.91 Å². The minimum atomic E-state index is -0.184. The van der Waals surface area contributed by atoms with E-state index >= 15 is 0 Å². The van der Waals surface area contributed by atoms with Crippen LogP contribution in [0.2, 0.25) is 0 Å². The summed E-state index contributed by atoms with van der Waals surface area (Å²) in [4.78, 5) is 24.5. The summed E-state index contributed by atoms with van der Waals surface area (Å²) in [7, 11) is 1.58. The number of ether oxygens (including phenoxy) is 2. The second kappa shape index (κ2) is 14.9. The molecule has 0 saturated carbocycles. The van der Waals surface area contributed by atoms with Crippen molar-refractivity contribution in [3.05, 3.63) is 54.1 Å². The molecule has 0 aliphatic rings. The number of anilines is 2. The van der Waals surface area contributed by atoms with Crippen molar-refractivity contribution in [3.8, 4) is 5.75 Å². The summed E-state index contributed by atoms with van der Waals surface area (Å²) in [6.07, 6.45) is 5.94. The normalized spacial score (nSPS) is 10.4. The molecule has 2 aromatic rings. The van der Waals surface area contributed by atoms with E-state index in [1.54, 1.807) is 25.3 Å². The maximum absolute atomic E-state index is 12.3. The van der Waals surface area contributed by atoms with Crippen LogP contribution in [0.25, 0.3) is 0 Å². The summed E-state index contributed by atoms with van der Waals surface area (Å²) in [5.41, 5.74) is 1.90. The molecule has 0 aromatic heterocycles. The zero-order valence-corrected chi connectivity index (χ0v) is 19.1. The number of methoxy groups -OCH3 is 1. The second-order valence-corrected chi connectivity index (χ2v) is 7.52. The summed E-state index contributed by atoms with van der Waals surface area (Å²) < 4.78 is 10.7. The zero-order valence-electron chi connectivity index (χ0n) is 19.1. The monoisotopic (exact) mass is 441 g/mol. The van der Waals surface area contributed by atoms with Gasteiger partial charge in [0, 0.05) is 36.7 Å². The molecule has 32 heavy (non-hydrogen) atoms. The predicted octanol–water partition coefficient (Wildman–Crippen LogP) is 4.46. The average Bonchev–Trinajstić information content (AvgIpc) is 2.80. The molecule has 0 radical (unpaired) electrons. The largest absolute Gasteiger partial charge is 0.494 e. The van der Waals surface area contributed by atoms with Gasteiger partial charge in [0.15, 0.2) is 0 Å². The topological polar surface area (TPSA) is 88.7 Å². The Morgan fingerprint density at radius 2 is 1.69 bits per heavy atom. The second-order valence-electron chi connectivity index (χ2n) is 7.52. The molecule has 7 nitrogen and oxygen atoms in total. The lowest BCUT2D eigenvalue weighted by atomic mass is 10.2. The molecule has 0 spiro atoms. The third kappa shape index (κ3) is 9.83. The quantitative estimate of drug-likeness (QED) is 0.355. The Balaban J connectivity index is 1.77. The minimum Gasteiger partial charge on any atom is -0.494 e. The van der Waals surface area contributed by atoms with E-state index < -0.39 is 0 Å². The van der Waals surface area contributed by atoms with Crippen LogP contribution in [0.4, 0.5) is 11.4 Å². The van der Waals surface area contributed by atoms with E-state index in [2.05, 4.69) is 22.9 Å². The van der Waals surface area contributed by atoms with Crippen LogP contribution < -0.4 is 20.7 Å². The van der Waals surface area contributed by atoms with Crippen molar-refractivity contribution >= 4 is 23.2 Å². The lowest BCUT2D eigenvalue weighted by molar-refractivity contribution is -0.114. The van der Waals surface area contributed by atoms with E-state index in [4.69, 9.17) is 9.47 Å². The number of amides is 2. The molecule has 0 bridgehead atoms. The Kier molecular flexibility index (Phi) is 11.7. The maximum Gasteiger partial charge on any atom is 0.251 e. The van der Waals surface area contributed by atoms with Gasteiger partial charge in [-0.2, -0.15) is 0 Å². The highest BCUT2D eigenvalue weighted by Crippen LogP contribution is 2.18. The number of benzene rings is 2. The van der Waals surface area contributed by atoms with E-state index in [-0.39, 0.29) is 18.4 Å². The van der Waals surface area contributed by atoms with Crippen LogP contribution in [-0.4, -0.2) is 45.2 Å². The summed E-state index contributed by atoms with van der Waals surface area (Å²) in [6, 6.07) is 14.4. The van der Waals surface area contributed by atoms with Crippen molar-refractivity contribution in [1.82, 2.24) is 5.32 Å². The van der Waals surface area contributed by atoms with Gasteiger partial charge in [-0.25, -0.2) is 0 Å². The zero-order chi connectivity index (χ0) is 23.0. The van der Waals surface area contributed by atoms with Gasteiger partial charge in [0.25, 0.3) is 5.91 Å². The number of carbonyl (C=O) groups excluding carboxylic acids is 2. The van der Waals surface area contributed by atoms with Crippen molar-refractivity contribution in [2.45, 2.75) is 39.0 Å². The highest BCUT2D eigenvalue weighted by Gasteiger charge is 2.07. The van der Waals surface area contributed by atoms with Gasteiger partial charge in [-0.15, -0.1) is 0 Å². The Hall–Kier alpha value is -3.06. The van der Waals surface area contributed by atoms with Gasteiger partial charge < -0.3 is 25.4 Å². The Morgan fingerprint density at radius 3 is 2.50 bits per heavy atom. The van der Waals surface area contributed by atoms with Gasteiger partial charge in [-0.1, -0.05) is 44.7 Å². The molecule has 2 aromatic carbocycles. The van der Waals surface area contributed by atoms with Crippen LogP contribution in [0.3, 0.4) is 0 Å². The fourth-order valence-electron chi connectivity index (χ4n) is 3.09. The molecule has 7 heteroatoms. The van der Waals surface area contributed by atoms with E-state index in [0.29, 0.717) is 36.7 Å². The van der Waals surface area contributed by atoms with Crippen LogP contribution in [0.5, 0.6) is 5.75 Å². The Labute approximate surface area is 190 Å². The third-order valence-corrected chi connectivity index (χ3v) is 4.80. The smallest absolute Gasteiger partial charge is 0.251 e. The van der Waals surface area contributed by atoms with Gasteiger partial charge in [-0.05, 0) is 36.8 Å². The van der Waals surface area contributed by atoms with Crippen LogP contribution in [0, 0.1) is 0 Å². The lowest BCUT2D eigenvalue weighted by Crippen LogP contribution is -2.27. The van der Waals surface area contributed by atoms with Crippen LogP contribution >= 0.6 is 0 Å². The van der Waals surface area contributed by atoms with Gasteiger partial charge in [0.05, 0.1) is 19.8 Å². The number of carbonyl (C=O) groups is 2. The highest BCUT2D eigenvalue weighted by molar-refractivity contribution is 5.96.